The molecular formula is C50H57ClFN9O7S. The third-order valence-electron chi connectivity index (χ3n) is 14.8. The van der Waals surface area contributed by atoms with Crippen LogP contribution < -0.4 is 24.6 Å². The molecule has 3 aromatic carbocycles. The lowest BCUT2D eigenvalue weighted by molar-refractivity contribution is -0.384. The van der Waals surface area contributed by atoms with Crippen LogP contribution >= 0.6 is 11.6 Å². The van der Waals surface area contributed by atoms with Gasteiger partial charge in [-0.2, -0.15) is 4.98 Å². The Morgan fingerprint density at radius 2 is 1.68 bits per heavy atom. The summed E-state index contributed by atoms with van der Waals surface area (Å²) < 4.78 is 56.7. The molecule has 4 aliphatic heterocycles. The number of nitro benzene ring substituents is 1. The molecule has 6 heterocycles. The van der Waals surface area contributed by atoms with Crippen LogP contribution in [0.1, 0.15) is 60.9 Å². The molecule has 3 N–H and O–H groups in total. The first-order valence-corrected chi connectivity index (χ1v) is 25.6. The Bertz CT molecular complexity index is 2890. The number of benzene rings is 3. The highest BCUT2D eigenvalue weighted by molar-refractivity contribution is 7.90. The molecule has 2 aromatic heterocycles. The van der Waals surface area contributed by atoms with Gasteiger partial charge in [0.05, 0.1) is 27.6 Å². The number of piperazine rings is 1. The van der Waals surface area contributed by atoms with Gasteiger partial charge in [-0.3, -0.25) is 19.8 Å². The number of aromatic amines is 1. The normalized spacial score (nSPS) is 19.9. The van der Waals surface area contributed by atoms with Crippen molar-refractivity contribution in [3.8, 4) is 5.88 Å². The van der Waals surface area contributed by atoms with Crippen molar-refractivity contribution < 1.29 is 32.0 Å². The highest BCUT2D eigenvalue weighted by Crippen LogP contribution is 2.49. The van der Waals surface area contributed by atoms with E-state index in [0.717, 1.165) is 86.9 Å². The number of nitrogens with one attached hydrogen (secondary N) is 3. The van der Waals surface area contributed by atoms with Crippen molar-refractivity contribution >= 4 is 72.6 Å². The number of rotatable bonds is 12. The largest absolute Gasteiger partial charge is 0.474 e. The fourth-order valence-corrected chi connectivity index (χ4v) is 11.8. The van der Waals surface area contributed by atoms with Crippen molar-refractivity contribution in [3.63, 3.8) is 0 Å². The van der Waals surface area contributed by atoms with Crippen molar-refractivity contribution in [1.82, 2.24) is 24.5 Å². The highest BCUT2D eigenvalue weighted by Gasteiger charge is 2.39. The van der Waals surface area contributed by atoms with E-state index >= 15 is 4.39 Å². The lowest BCUT2D eigenvalue weighted by Crippen LogP contribution is -2.48. The van der Waals surface area contributed by atoms with Crippen molar-refractivity contribution in [1.29, 1.82) is 0 Å². The van der Waals surface area contributed by atoms with Gasteiger partial charge in [-0.05, 0) is 123 Å². The van der Waals surface area contributed by atoms with Crippen LogP contribution in [0.15, 0.2) is 89.5 Å². The number of amides is 1. The molecule has 3 fully saturated rings. The molecule has 0 unspecified atom stereocenters. The first kappa shape index (κ1) is 46.9. The Labute approximate surface area is 406 Å². The smallest absolute Gasteiger partial charge is 0.293 e. The quantitative estimate of drug-likeness (QED) is 0.0806. The molecule has 0 radical (unpaired) electrons. The average Bonchev–Trinajstić information content (AvgIpc) is 3.81. The number of fused-ring (bicyclic) bond motifs is 2. The van der Waals surface area contributed by atoms with E-state index in [1.165, 1.54) is 42.0 Å². The summed E-state index contributed by atoms with van der Waals surface area (Å²) in [6, 6.07) is 20.7. The maximum atomic E-state index is 15.3. The lowest BCUT2D eigenvalue weighted by atomic mass is 9.65. The maximum Gasteiger partial charge on any atom is 0.293 e. The number of carbonyl (C=O) groups excluding carboxylic acids is 1. The van der Waals surface area contributed by atoms with E-state index in [9.17, 15) is 23.3 Å². The van der Waals surface area contributed by atoms with Crippen molar-refractivity contribution in [2.45, 2.75) is 55.5 Å². The second-order valence-electron chi connectivity index (χ2n) is 19.2. The first-order valence-electron chi connectivity index (χ1n) is 23.8. The zero-order valence-electron chi connectivity index (χ0n) is 38.6. The summed E-state index contributed by atoms with van der Waals surface area (Å²) in [5, 5.41) is 16.6. The molecule has 5 aromatic rings. The molecule has 0 bridgehead atoms. The number of alkyl halides is 1. The number of hydrogen-bond donors (Lipinski definition) is 3. The van der Waals surface area contributed by atoms with Gasteiger partial charge in [0, 0.05) is 93.7 Å². The number of piperidine rings is 1. The summed E-state index contributed by atoms with van der Waals surface area (Å²) in [5.41, 5.74) is 4.94. The minimum atomic E-state index is -4.65. The van der Waals surface area contributed by atoms with Crippen molar-refractivity contribution in [2.75, 3.05) is 101 Å². The van der Waals surface area contributed by atoms with Gasteiger partial charge in [-0.1, -0.05) is 29.3 Å². The molecule has 0 saturated carbocycles. The highest BCUT2D eigenvalue weighted by atomic mass is 35.5. The summed E-state index contributed by atoms with van der Waals surface area (Å²) in [7, 11) is -2.43. The summed E-state index contributed by atoms with van der Waals surface area (Å²) in [6.07, 6.45) is 7.82. The van der Waals surface area contributed by atoms with Gasteiger partial charge in [0.25, 0.3) is 21.6 Å². The monoisotopic (exact) mass is 981 g/mol. The van der Waals surface area contributed by atoms with Gasteiger partial charge < -0.3 is 34.5 Å². The van der Waals surface area contributed by atoms with Crippen molar-refractivity contribution in [3.05, 3.63) is 111 Å². The molecule has 364 valence electrons. The number of nitrogens with zero attached hydrogens (tertiary/aromatic N) is 6. The van der Waals surface area contributed by atoms with E-state index in [1.54, 1.807) is 12.3 Å². The minimum absolute atomic E-state index is 0.0431. The van der Waals surface area contributed by atoms with Crippen molar-refractivity contribution in [2.24, 2.45) is 5.41 Å². The molecule has 1 spiro atoms. The minimum Gasteiger partial charge on any atom is -0.474 e. The number of carbonyl (C=O) groups is 1. The van der Waals surface area contributed by atoms with E-state index in [1.807, 2.05) is 41.3 Å². The van der Waals surface area contributed by atoms with Gasteiger partial charge in [-0.15, -0.1) is 0 Å². The number of H-pyrrole nitrogens is 1. The number of anilines is 4. The second kappa shape index (κ2) is 19.2. The van der Waals surface area contributed by atoms with Crippen LogP contribution in [0, 0.1) is 15.5 Å². The molecule has 0 atom stereocenters. The topological polar surface area (TPSA) is 179 Å². The Morgan fingerprint density at radius 3 is 2.43 bits per heavy atom. The number of likely N-dealkylation sites (tertiary alicyclic amines) is 1. The van der Waals surface area contributed by atoms with E-state index in [0.29, 0.717) is 34.9 Å². The van der Waals surface area contributed by atoms with Gasteiger partial charge in [-0.25, -0.2) is 17.5 Å². The van der Waals surface area contributed by atoms with Crippen LogP contribution in [0.2, 0.25) is 5.02 Å². The van der Waals surface area contributed by atoms with Gasteiger partial charge in [0.1, 0.15) is 29.3 Å². The number of sulfonamides is 1. The Hall–Kier alpha value is -5.79. The van der Waals surface area contributed by atoms with Crippen LogP contribution in [0.5, 0.6) is 5.88 Å². The molecule has 69 heavy (non-hydrogen) atoms. The number of halogens is 2. The number of pyridine rings is 1. The molecular weight excluding hydrogens is 925 g/mol. The van der Waals surface area contributed by atoms with Crippen LogP contribution in [-0.4, -0.2) is 130 Å². The molecule has 1 amide bonds. The lowest BCUT2D eigenvalue weighted by Gasteiger charge is -2.46. The van der Waals surface area contributed by atoms with Gasteiger partial charge in [0.15, 0.2) is 0 Å². The fourth-order valence-electron chi connectivity index (χ4n) is 10.7. The standard InChI is InChI=1S/C50H57ClFN9O7S/c1-57-18-13-49(14-19-57)12-10-40(34-2-4-37(51)5-3-34)36(31-49)32-58-20-22-59(23-21-58)38-6-8-41(43(29-38)60-24-27-68-48-45(60)28-35-11-17-53-46(35)55-48)47(62)56-69(65,66)39-7-9-42(44(30-39)61(63)64)54-33-50(52)15-25-67-26-16-50/h2-9,11,17,28-30,54H,10,12-16,18-27,31-33H2,1H3,(H,53,55)(H,56,62). The third-order valence-corrected chi connectivity index (χ3v) is 16.4. The molecule has 16 nitrogen and oxygen atoms in total. The summed E-state index contributed by atoms with van der Waals surface area (Å²) in [4.78, 5) is 42.4. The Morgan fingerprint density at radius 1 is 0.913 bits per heavy atom. The predicted molar refractivity (Wildman–Crippen MR) is 265 cm³/mol. The SMILES string of the molecule is CN1CCC2(CCC(c3ccc(Cl)cc3)=C(CN3CCN(c4ccc(C(=O)NS(=O)(=O)c5ccc(NCC6(F)CCOCC6)c([N+](=O)[O-])c5)c(N5CCOc6nc7[nH]ccc7cc65)c4)CC3)C2)CC1. The average molecular weight is 983 g/mol. The van der Waals surface area contributed by atoms with Crippen LogP contribution in [0.3, 0.4) is 0 Å². The van der Waals surface area contributed by atoms with Crippen LogP contribution in [0.4, 0.5) is 32.8 Å². The summed E-state index contributed by atoms with van der Waals surface area (Å²) in [5.74, 6) is -0.559. The molecule has 3 saturated heterocycles. The first-order chi connectivity index (χ1) is 33.2. The summed E-state index contributed by atoms with van der Waals surface area (Å²) >= 11 is 6.33. The van der Waals surface area contributed by atoms with E-state index in [4.69, 9.17) is 26.1 Å². The van der Waals surface area contributed by atoms with Crippen LogP contribution in [-0.2, 0) is 14.8 Å². The number of ether oxygens (including phenoxy) is 2. The molecule has 10 rings (SSSR count). The molecule has 5 aliphatic rings. The second-order valence-corrected chi connectivity index (χ2v) is 21.4. The fraction of sp³-hybridized carbons (Fsp3) is 0.440. The third kappa shape index (κ3) is 10.00. The number of allylic oxidation sites excluding steroid dienone is 1. The van der Waals surface area contributed by atoms with Gasteiger partial charge >= 0.3 is 0 Å². The maximum absolute atomic E-state index is 15.3. The van der Waals surface area contributed by atoms with E-state index in [2.05, 4.69) is 48.9 Å². The molecule has 1 aliphatic carbocycles. The zero-order chi connectivity index (χ0) is 47.9. The van der Waals surface area contributed by atoms with Crippen LogP contribution in [0.25, 0.3) is 16.6 Å². The Balaban J connectivity index is 0.908. The van der Waals surface area contributed by atoms with Gasteiger partial charge in [0.2, 0.25) is 5.88 Å². The zero-order valence-corrected chi connectivity index (χ0v) is 40.2. The number of hydrogen-bond acceptors (Lipinski definition) is 13. The summed E-state index contributed by atoms with van der Waals surface area (Å²) in [6.45, 7) is 7.09. The number of nitro groups is 1. The number of aromatic nitrogens is 2. The Kier molecular flexibility index (Phi) is 13.0. The van der Waals surface area contributed by atoms with E-state index < -0.39 is 37.1 Å². The van der Waals surface area contributed by atoms with E-state index in [-0.39, 0.29) is 50.5 Å². The predicted octanol–water partition coefficient (Wildman–Crippen LogP) is 8.18. The molecule has 19 heteroatoms.